The molecule has 2 N–H and O–H groups in total. The van der Waals surface area contributed by atoms with Crippen LogP contribution in [0, 0.1) is 11.8 Å². The van der Waals surface area contributed by atoms with E-state index in [-0.39, 0.29) is 6.03 Å². The van der Waals surface area contributed by atoms with Crippen LogP contribution in [-0.2, 0) is 13.1 Å². The van der Waals surface area contributed by atoms with Crippen LogP contribution in [0.25, 0.3) is 0 Å². The van der Waals surface area contributed by atoms with E-state index in [0.29, 0.717) is 24.3 Å². The number of carbonyl (C=O) groups excluding carboxylic acids is 1. The largest absolute Gasteiger partial charge is 0.338 e. The highest BCUT2D eigenvalue weighted by Gasteiger charge is 2.37. The van der Waals surface area contributed by atoms with Gasteiger partial charge in [-0.05, 0) is 29.7 Å². The molecule has 5 heteroatoms. The predicted octanol–water partition coefficient (Wildman–Crippen LogP) is 3.14. The minimum Gasteiger partial charge on any atom is -0.338 e. The van der Waals surface area contributed by atoms with Crippen LogP contribution >= 0.6 is 0 Å². The Morgan fingerprint density at radius 3 is 2.83 bits per heavy atom. The number of aromatic nitrogens is 2. The highest BCUT2D eigenvalue weighted by Crippen LogP contribution is 2.46. The van der Waals surface area contributed by atoms with Crippen LogP contribution in [0.4, 0.5) is 4.79 Å². The number of amides is 2. The van der Waals surface area contributed by atoms with E-state index in [1.807, 2.05) is 12.3 Å². The number of benzene rings is 1. The summed E-state index contributed by atoms with van der Waals surface area (Å²) in [4.78, 5) is 16.3. The molecule has 1 heterocycles. The fourth-order valence-electron chi connectivity index (χ4n) is 3.09. The fourth-order valence-corrected chi connectivity index (χ4v) is 3.09. The summed E-state index contributed by atoms with van der Waals surface area (Å²) in [6, 6.07) is 10.4. The second-order valence-corrected chi connectivity index (χ2v) is 6.97. The second-order valence-electron chi connectivity index (χ2n) is 6.97. The molecular formula is C19H26N4O. The maximum atomic E-state index is 12.0. The molecule has 0 aliphatic heterocycles. The molecule has 0 radical (unpaired) electrons. The third-order valence-corrected chi connectivity index (χ3v) is 4.45. The van der Waals surface area contributed by atoms with Gasteiger partial charge in [0.05, 0.1) is 6.54 Å². The average molecular weight is 326 g/mol. The van der Waals surface area contributed by atoms with Crippen LogP contribution in [0.5, 0.6) is 0 Å². The molecule has 0 unspecified atom stereocenters. The van der Waals surface area contributed by atoms with Crippen LogP contribution in [0.3, 0.4) is 0 Å². The Kier molecular flexibility index (Phi) is 5.18. The van der Waals surface area contributed by atoms with E-state index in [2.05, 4.69) is 58.3 Å². The molecule has 1 fully saturated rings. The van der Waals surface area contributed by atoms with Gasteiger partial charge in [0.1, 0.15) is 5.82 Å². The molecule has 1 aliphatic rings. The van der Waals surface area contributed by atoms with Crippen molar-refractivity contribution in [3.8, 4) is 0 Å². The van der Waals surface area contributed by atoms with Gasteiger partial charge in [0.15, 0.2) is 0 Å². The number of imidazole rings is 1. The van der Waals surface area contributed by atoms with Crippen LogP contribution in [0.1, 0.15) is 37.6 Å². The molecule has 0 saturated heterocycles. The second kappa shape index (κ2) is 7.51. The molecular weight excluding hydrogens is 300 g/mol. The van der Waals surface area contributed by atoms with Crippen LogP contribution in [0.15, 0.2) is 42.7 Å². The molecule has 0 spiro atoms. The van der Waals surface area contributed by atoms with Gasteiger partial charge in [-0.1, -0.05) is 44.2 Å². The van der Waals surface area contributed by atoms with E-state index in [4.69, 9.17) is 0 Å². The van der Waals surface area contributed by atoms with Gasteiger partial charge in [0, 0.05) is 25.5 Å². The summed E-state index contributed by atoms with van der Waals surface area (Å²) in [6.45, 7) is 6.44. The normalized spacial score (nSPS) is 19.3. The molecule has 2 aromatic rings. The summed E-state index contributed by atoms with van der Waals surface area (Å²) < 4.78 is 2.09. The van der Waals surface area contributed by atoms with Crippen molar-refractivity contribution in [3.05, 3.63) is 54.1 Å². The van der Waals surface area contributed by atoms with Crippen molar-refractivity contribution in [2.75, 3.05) is 6.54 Å². The first-order valence-corrected chi connectivity index (χ1v) is 8.70. The van der Waals surface area contributed by atoms with Crippen LogP contribution in [-0.4, -0.2) is 22.1 Å². The van der Waals surface area contributed by atoms with Crippen molar-refractivity contribution in [2.45, 2.75) is 39.3 Å². The molecule has 0 bridgehead atoms. The fraction of sp³-hybridized carbons (Fsp3) is 0.474. The van der Waals surface area contributed by atoms with Gasteiger partial charge in [-0.25, -0.2) is 9.78 Å². The Balaban J connectivity index is 1.39. The Morgan fingerprint density at radius 2 is 2.08 bits per heavy atom. The minimum atomic E-state index is -0.118. The van der Waals surface area contributed by atoms with Crippen molar-refractivity contribution in [2.24, 2.45) is 11.8 Å². The molecule has 1 aromatic carbocycles. The highest BCUT2D eigenvalue weighted by atomic mass is 16.2. The van der Waals surface area contributed by atoms with Crippen molar-refractivity contribution in [1.29, 1.82) is 0 Å². The zero-order valence-corrected chi connectivity index (χ0v) is 14.4. The average Bonchev–Trinajstić information content (AvgIpc) is 3.23. The Morgan fingerprint density at radius 1 is 1.29 bits per heavy atom. The van der Waals surface area contributed by atoms with E-state index < -0.39 is 0 Å². The maximum absolute atomic E-state index is 12.0. The number of urea groups is 1. The van der Waals surface area contributed by atoms with E-state index in [9.17, 15) is 4.79 Å². The van der Waals surface area contributed by atoms with Gasteiger partial charge in [0.2, 0.25) is 0 Å². The van der Waals surface area contributed by atoms with Crippen LogP contribution in [0.2, 0.25) is 0 Å². The number of hydrogen-bond acceptors (Lipinski definition) is 2. The van der Waals surface area contributed by atoms with E-state index in [0.717, 1.165) is 25.3 Å². The first kappa shape index (κ1) is 16.6. The maximum Gasteiger partial charge on any atom is 0.315 e. The van der Waals surface area contributed by atoms with E-state index in [1.165, 1.54) is 5.56 Å². The molecule has 128 valence electrons. The molecule has 2 atom stereocenters. The van der Waals surface area contributed by atoms with Crippen LogP contribution < -0.4 is 10.6 Å². The van der Waals surface area contributed by atoms with Gasteiger partial charge in [-0.15, -0.1) is 0 Å². The monoisotopic (exact) mass is 326 g/mol. The number of hydrogen-bond donors (Lipinski definition) is 2. The third kappa shape index (κ3) is 4.37. The highest BCUT2D eigenvalue weighted by molar-refractivity contribution is 5.73. The molecule has 5 nitrogen and oxygen atoms in total. The van der Waals surface area contributed by atoms with Gasteiger partial charge in [-0.3, -0.25) is 0 Å². The summed E-state index contributed by atoms with van der Waals surface area (Å²) in [5.41, 5.74) is 1.38. The topological polar surface area (TPSA) is 59.0 Å². The summed E-state index contributed by atoms with van der Waals surface area (Å²) in [6.07, 6.45) is 4.90. The number of nitrogens with zero attached hydrogens (tertiary/aromatic N) is 2. The van der Waals surface area contributed by atoms with E-state index >= 15 is 0 Å². The van der Waals surface area contributed by atoms with E-state index in [1.54, 1.807) is 6.20 Å². The zero-order chi connectivity index (χ0) is 16.9. The lowest BCUT2D eigenvalue weighted by Crippen LogP contribution is -2.37. The first-order valence-electron chi connectivity index (χ1n) is 8.70. The van der Waals surface area contributed by atoms with Crippen molar-refractivity contribution < 1.29 is 4.79 Å². The quantitative estimate of drug-likeness (QED) is 0.821. The Bertz CT molecular complexity index is 665. The molecule has 1 aromatic heterocycles. The first-order chi connectivity index (χ1) is 11.6. The molecule has 1 aliphatic carbocycles. The zero-order valence-electron chi connectivity index (χ0n) is 14.4. The molecule has 24 heavy (non-hydrogen) atoms. The minimum absolute atomic E-state index is 0.118. The standard InChI is InChI=1S/C19H26N4O/c1-14(2)13-23-9-8-20-18(23)12-22-19(24)21-11-16-10-17(16)15-6-4-3-5-7-15/h3-9,14,16-17H,10-13H2,1-2H3,(H2,21,22,24)/t16-,17-/m0/s1. The predicted molar refractivity (Wildman–Crippen MR) is 94.6 cm³/mol. The molecule has 2 amide bonds. The smallest absolute Gasteiger partial charge is 0.315 e. The van der Waals surface area contributed by atoms with Gasteiger partial charge in [0.25, 0.3) is 0 Å². The molecule has 3 rings (SSSR count). The lowest BCUT2D eigenvalue weighted by molar-refractivity contribution is 0.239. The summed E-state index contributed by atoms with van der Waals surface area (Å²) in [5.74, 6) is 2.60. The Hall–Kier alpha value is -2.30. The Labute approximate surface area is 143 Å². The summed E-state index contributed by atoms with van der Waals surface area (Å²) in [5, 5.41) is 5.88. The van der Waals surface area contributed by atoms with Gasteiger partial charge in [-0.2, -0.15) is 0 Å². The van der Waals surface area contributed by atoms with Crippen molar-refractivity contribution in [3.63, 3.8) is 0 Å². The van der Waals surface area contributed by atoms with Gasteiger partial charge >= 0.3 is 6.03 Å². The lowest BCUT2D eigenvalue weighted by atomic mass is 10.1. The summed E-state index contributed by atoms with van der Waals surface area (Å²) >= 11 is 0. The lowest BCUT2D eigenvalue weighted by Gasteiger charge is -2.11. The number of nitrogens with one attached hydrogen (secondary N) is 2. The van der Waals surface area contributed by atoms with Crippen molar-refractivity contribution in [1.82, 2.24) is 20.2 Å². The summed E-state index contributed by atoms with van der Waals surface area (Å²) in [7, 11) is 0. The molecule has 1 saturated carbocycles. The number of carbonyl (C=O) groups is 1. The number of rotatable bonds is 7. The SMILES string of the molecule is CC(C)Cn1ccnc1CNC(=O)NC[C@@H]1C[C@H]1c1ccccc1. The van der Waals surface area contributed by atoms with Gasteiger partial charge < -0.3 is 15.2 Å². The third-order valence-electron chi connectivity index (χ3n) is 4.45. The van der Waals surface area contributed by atoms with Crippen molar-refractivity contribution >= 4 is 6.03 Å².